The molecule has 1 atom stereocenters. The minimum atomic E-state index is -3.75. The third-order valence-corrected chi connectivity index (χ3v) is 4.59. The number of nitrogens with two attached hydrogens (primary N) is 1. The van der Waals surface area contributed by atoms with Gasteiger partial charge in [-0.1, -0.05) is 0 Å². The lowest BCUT2D eigenvalue weighted by Gasteiger charge is -2.15. The van der Waals surface area contributed by atoms with Crippen LogP contribution in [0, 0.1) is 3.57 Å². The highest BCUT2D eigenvalue weighted by Crippen LogP contribution is 2.16. The Labute approximate surface area is 148 Å². The van der Waals surface area contributed by atoms with Gasteiger partial charge in [0.25, 0.3) is 5.91 Å². The Hall–Kier alpha value is -1.65. The lowest BCUT2D eigenvalue weighted by atomic mass is 10.3. The van der Waals surface area contributed by atoms with E-state index in [1.165, 1.54) is 24.3 Å². The molecule has 8 heteroatoms. The van der Waals surface area contributed by atoms with Crippen molar-refractivity contribution in [3.8, 4) is 5.75 Å². The van der Waals surface area contributed by atoms with Gasteiger partial charge in [-0.3, -0.25) is 4.79 Å². The van der Waals surface area contributed by atoms with E-state index in [0.717, 1.165) is 3.57 Å². The molecule has 2 rings (SSSR count). The average molecular weight is 446 g/mol. The number of rotatable bonds is 5. The van der Waals surface area contributed by atoms with Crippen molar-refractivity contribution in [2.24, 2.45) is 5.14 Å². The van der Waals surface area contributed by atoms with Crippen LogP contribution in [0.2, 0.25) is 0 Å². The zero-order valence-electron chi connectivity index (χ0n) is 12.2. The summed E-state index contributed by atoms with van der Waals surface area (Å²) in [5.74, 6) is 0.254. The first-order chi connectivity index (χ1) is 10.8. The SMILES string of the molecule is C[C@H](Oc1ccc(I)cc1)C(=O)Nc1ccc(S(N)(=O)=O)cc1. The first-order valence-corrected chi connectivity index (χ1v) is 9.24. The van der Waals surface area contributed by atoms with Gasteiger partial charge in [0.1, 0.15) is 5.75 Å². The van der Waals surface area contributed by atoms with Gasteiger partial charge in [-0.25, -0.2) is 13.6 Å². The van der Waals surface area contributed by atoms with E-state index in [9.17, 15) is 13.2 Å². The third kappa shape index (κ3) is 5.19. The van der Waals surface area contributed by atoms with Gasteiger partial charge < -0.3 is 10.1 Å². The van der Waals surface area contributed by atoms with E-state index < -0.39 is 16.1 Å². The number of hydrogen-bond donors (Lipinski definition) is 2. The molecule has 0 saturated heterocycles. The van der Waals surface area contributed by atoms with Gasteiger partial charge in [0.05, 0.1) is 4.90 Å². The molecule has 0 aliphatic rings. The number of ether oxygens (including phenoxy) is 1. The van der Waals surface area contributed by atoms with E-state index in [2.05, 4.69) is 27.9 Å². The number of halogens is 1. The van der Waals surface area contributed by atoms with Crippen LogP contribution in [0.25, 0.3) is 0 Å². The molecule has 0 aliphatic carbocycles. The highest BCUT2D eigenvalue weighted by atomic mass is 127. The summed E-state index contributed by atoms with van der Waals surface area (Å²) in [6, 6.07) is 12.9. The van der Waals surface area contributed by atoms with Crippen LogP contribution in [-0.2, 0) is 14.8 Å². The molecule has 0 spiro atoms. The Balaban J connectivity index is 1.99. The average Bonchev–Trinajstić information content (AvgIpc) is 2.49. The van der Waals surface area contributed by atoms with Crippen LogP contribution in [0.4, 0.5) is 5.69 Å². The van der Waals surface area contributed by atoms with Crippen molar-refractivity contribution in [1.82, 2.24) is 0 Å². The molecule has 0 saturated carbocycles. The Morgan fingerprint density at radius 3 is 2.22 bits per heavy atom. The highest BCUT2D eigenvalue weighted by Gasteiger charge is 2.15. The molecule has 2 aromatic carbocycles. The van der Waals surface area contributed by atoms with Crippen LogP contribution >= 0.6 is 22.6 Å². The standard InChI is InChI=1S/C15H15IN2O4S/c1-10(22-13-6-2-11(16)3-7-13)15(19)18-12-4-8-14(9-5-12)23(17,20)21/h2-10H,1H3,(H,18,19)(H2,17,20,21)/t10-/m0/s1. The molecule has 0 aliphatic heterocycles. The molecule has 2 aromatic rings. The lowest BCUT2D eigenvalue weighted by molar-refractivity contribution is -0.122. The van der Waals surface area contributed by atoms with Crippen molar-refractivity contribution >= 4 is 44.2 Å². The minimum absolute atomic E-state index is 0.0151. The van der Waals surface area contributed by atoms with Crippen LogP contribution in [0.1, 0.15) is 6.92 Å². The maximum Gasteiger partial charge on any atom is 0.265 e. The maximum atomic E-state index is 12.1. The summed E-state index contributed by atoms with van der Waals surface area (Å²) in [6.07, 6.45) is -0.701. The second-order valence-corrected chi connectivity index (χ2v) is 7.58. The summed E-state index contributed by atoms with van der Waals surface area (Å²) < 4.78 is 29.0. The van der Waals surface area contributed by atoms with Crippen LogP contribution in [0.5, 0.6) is 5.75 Å². The predicted octanol–water partition coefficient (Wildman–Crippen LogP) is 2.34. The number of hydrogen-bond acceptors (Lipinski definition) is 4. The number of sulfonamides is 1. The van der Waals surface area contributed by atoms with Crippen molar-refractivity contribution in [2.45, 2.75) is 17.9 Å². The van der Waals surface area contributed by atoms with Gasteiger partial charge in [-0.2, -0.15) is 0 Å². The molecular weight excluding hydrogens is 431 g/mol. The summed E-state index contributed by atoms with van der Waals surface area (Å²) in [6.45, 7) is 1.63. The van der Waals surface area contributed by atoms with Gasteiger partial charge >= 0.3 is 0 Å². The fourth-order valence-electron chi connectivity index (χ4n) is 1.74. The van der Waals surface area contributed by atoms with Crippen molar-refractivity contribution in [3.63, 3.8) is 0 Å². The smallest absolute Gasteiger partial charge is 0.265 e. The normalized spacial score (nSPS) is 12.5. The molecule has 0 unspecified atom stereocenters. The number of anilines is 1. The lowest BCUT2D eigenvalue weighted by Crippen LogP contribution is -2.30. The third-order valence-electron chi connectivity index (χ3n) is 2.95. The second-order valence-electron chi connectivity index (χ2n) is 4.77. The zero-order chi connectivity index (χ0) is 17.0. The summed E-state index contributed by atoms with van der Waals surface area (Å²) in [5, 5.41) is 7.67. The summed E-state index contributed by atoms with van der Waals surface area (Å²) in [7, 11) is -3.75. The number of carbonyl (C=O) groups excluding carboxylic acids is 1. The Bertz CT molecular complexity index is 789. The van der Waals surface area contributed by atoms with Crippen molar-refractivity contribution in [3.05, 3.63) is 52.1 Å². The van der Waals surface area contributed by atoms with E-state index in [0.29, 0.717) is 11.4 Å². The highest BCUT2D eigenvalue weighted by molar-refractivity contribution is 14.1. The molecule has 0 radical (unpaired) electrons. The van der Waals surface area contributed by atoms with E-state index in [1.54, 1.807) is 19.1 Å². The first-order valence-electron chi connectivity index (χ1n) is 6.61. The Morgan fingerprint density at radius 2 is 1.70 bits per heavy atom. The number of benzene rings is 2. The first kappa shape index (κ1) is 17.7. The van der Waals surface area contributed by atoms with E-state index in [1.807, 2.05) is 12.1 Å². The number of primary sulfonamides is 1. The molecule has 0 heterocycles. The largest absolute Gasteiger partial charge is 0.481 e. The molecule has 0 aromatic heterocycles. The van der Waals surface area contributed by atoms with Crippen LogP contribution in [0.3, 0.4) is 0 Å². The van der Waals surface area contributed by atoms with Gasteiger partial charge in [0, 0.05) is 9.26 Å². The van der Waals surface area contributed by atoms with Gasteiger partial charge in [-0.05, 0) is 78.0 Å². The van der Waals surface area contributed by atoms with Gasteiger partial charge in [0.2, 0.25) is 10.0 Å². The molecule has 122 valence electrons. The van der Waals surface area contributed by atoms with Gasteiger partial charge in [-0.15, -0.1) is 0 Å². The van der Waals surface area contributed by atoms with Crippen LogP contribution in [0.15, 0.2) is 53.4 Å². The predicted molar refractivity (Wildman–Crippen MR) is 95.7 cm³/mol. The minimum Gasteiger partial charge on any atom is -0.481 e. The summed E-state index contributed by atoms with van der Waals surface area (Å²) in [5.41, 5.74) is 0.459. The van der Waals surface area contributed by atoms with E-state index in [-0.39, 0.29) is 10.8 Å². The Morgan fingerprint density at radius 1 is 1.13 bits per heavy atom. The molecule has 1 amide bonds. The second kappa shape index (κ2) is 7.28. The van der Waals surface area contributed by atoms with E-state index in [4.69, 9.17) is 9.88 Å². The summed E-state index contributed by atoms with van der Waals surface area (Å²) >= 11 is 2.18. The number of carbonyl (C=O) groups is 1. The summed E-state index contributed by atoms with van der Waals surface area (Å²) in [4.78, 5) is 12.1. The quantitative estimate of drug-likeness (QED) is 0.689. The van der Waals surface area contributed by atoms with E-state index >= 15 is 0 Å². The van der Waals surface area contributed by atoms with Crippen molar-refractivity contribution in [1.29, 1.82) is 0 Å². The number of amides is 1. The molecule has 0 fully saturated rings. The zero-order valence-corrected chi connectivity index (χ0v) is 15.2. The molecule has 23 heavy (non-hydrogen) atoms. The molecular formula is C15H15IN2O4S. The maximum absolute atomic E-state index is 12.1. The number of nitrogens with one attached hydrogen (secondary N) is 1. The monoisotopic (exact) mass is 446 g/mol. The molecule has 6 nitrogen and oxygen atoms in total. The van der Waals surface area contributed by atoms with Crippen molar-refractivity contribution in [2.75, 3.05) is 5.32 Å². The fraction of sp³-hybridized carbons (Fsp3) is 0.133. The fourth-order valence-corrected chi connectivity index (χ4v) is 2.62. The van der Waals surface area contributed by atoms with Gasteiger partial charge in [0.15, 0.2) is 6.10 Å². The molecule has 0 bridgehead atoms. The molecule has 3 N–H and O–H groups in total. The Kier molecular flexibility index (Phi) is 5.60. The topological polar surface area (TPSA) is 98.5 Å². The van der Waals surface area contributed by atoms with Crippen LogP contribution in [-0.4, -0.2) is 20.4 Å². The van der Waals surface area contributed by atoms with Crippen molar-refractivity contribution < 1.29 is 17.9 Å². The van der Waals surface area contributed by atoms with Crippen LogP contribution < -0.4 is 15.2 Å².